The van der Waals surface area contributed by atoms with Crippen LogP contribution in [0.15, 0.2) is 139 Å². The number of benzene rings is 5. The predicted octanol–water partition coefficient (Wildman–Crippen LogP) is 7.84. The summed E-state index contributed by atoms with van der Waals surface area (Å²) in [6.45, 7) is 2.28. The number of fused-ring (bicyclic) bond motifs is 3. The molecule has 41 heavy (non-hydrogen) atoms. The Labute approximate surface area is 239 Å². The zero-order valence-corrected chi connectivity index (χ0v) is 22.7. The van der Waals surface area contributed by atoms with E-state index in [1.165, 1.54) is 0 Å². The minimum atomic E-state index is -0.673. The molecule has 1 aliphatic rings. The quantitative estimate of drug-likeness (QED) is 0.168. The molecule has 0 radical (unpaired) electrons. The second kappa shape index (κ2) is 10.1. The molecule has 0 bridgehead atoms. The van der Waals surface area contributed by atoms with E-state index in [4.69, 9.17) is 9.72 Å². The Kier molecular flexibility index (Phi) is 6.09. The van der Waals surface area contributed by atoms with Crippen LogP contribution in [-0.2, 0) is 5.54 Å². The van der Waals surface area contributed by atoms with Gasteiger partial charge in [-0.3, -0.25) is 4.79 Å². The van der Waals surface area contributed by atoms with E-state index in [0.29, 0.717) is 16.9 Å². The Morgan fingerprint density at radius 2 is 1.29 bits per heavy atom. The van der Waals surface area contributed by atoms with Crippen molar-refractivity contribution < 1.29 is 9.53 Å². The van der Waals surface area contributed by atoms with Crippen molar-refractivity contribution in [2.45, 2.75) is 12.5 Å². The van der Waals surface area contributed by atoms with Gasteiger partial charge in [0.2, 0.25) is 0 Å². The standard InChI is InChI=1S/C37H28N2O2/c1-26-33(23-28-24-41-34-22-21-27-13-11-12-20-32(27)35(34)36(28)40)38-25-39(26)37(29-14-5-2-6-15-29,30-16-7-3-8-17-30)31-18-9-4-10-19-31/h2-23,25H,24H2,1H3/b28-23+. The number of nitrogens with zero attached hydrogens (tertiary/aromatic N) is 2. The molecular weight excluding hydrogens is 504 g/mol. The van der Waals surface area contributed by atoms with Gasteiger partial charge >= 0.3 is 0 Å². The minimum Gasteiger partial charge on any atom is -0.488 e. The van der Waals surface area contributed by atoms with Gasteiger partial charge in [0.25, 0.3) is 0 Å². The number of imidazole rings is 1. The number of Topliss-reactive ketones (excluding diaryl/α,β-unsaturated/α-hetero) is 1. The molecule has 0 saturated carbocycles. The van der Waals surface area contributed by atoms with Crippen molar-refractivity contribution in [2.75, 3.05) is 6.61 Å². The summed E-state index contributed by atoms with van der Waals surface area (Å²) in [5.41, 5.74) is 5.59. The van der Waals surface area contributed by atoms with Crippen LogP contribution in [-0.4, -0.2) is 21.9 Å². The topological polar surface area (TPSA) is 44.1 Å². The number of ether oxygens (including phenoxy) is 1. The van der Waals surface area contributed by atoms with Gasteiger partial charge in [-0.2, -0.15) is 0 Å². The average Bonchev–Trinajstić information content (AvgIpc) is 3.40. The number of hydrogen-bond donors (Lipinski definition) is 0. The number of hydrogen-bond acceptors (Lipinski definition) is 3. The molecule has 6 aromatic rings. The molecule has 198 valence electrons. The molecule has 4 heteroatoms. The van der Waals surface area contributed by atoms with Gasteiger partial charge in [-0.1, -0.05) is 121 Å². The monoisotopic (exact) mass is 532 g/mol. The Balaban J connectivity index is 1.41. The summed E-state index contributed by atoms with van der Waals surface area (Å²) in [6, 6.07) is 43.4. The summed E-state index contributed by atoms with van der Waals surface area (Å²) in [6.07, 6.45) is 3.79. The molecule has 7 rings (SSSR count). The highest BCUT2D eigenvalue weighted by atomic mass is 16.5. The van der Waals surface area contributed by atoms with Crippen LogP contribution in [0.3, 0.4) is 0 Å². The fraction of sp³-hybridized carbons (Fsp3) is 0.0811. The Morgan fingerprint density at radius 1 is 0.732 bits per heavy atom. The lowest BCUT2D eigenvalue weighted by atomic mass is 9.76. The molecule has 2 heterocycles. The maximum Gasteiger partial charge on any atom is 0.196 e. The molecule has 0 aliphatic carbocycles. The van der Waals surface area contributed by atoms with Crippen LogP contribution in [0.4, 0.5) is 0 Å². The molecule has 0 N–H and O–H groups in total. The van der Waals surface area contributed by atoms with E-state index >= 15 is 0 Å². The third-order valence-electron chi connectivity index (χ3n) is 8.08. The largest absolute Gasteiger partial charge is 0.488 e. The van der Waals surface area contributed by atoms with Crippen molar-refractivity contribution in [3.05, 3.63) is 173 Å². The van der Waals surface area contributed by atoms with Crippen molar-refractivity contribution >= 4 is 22.6 Å². The zero-order chi connectivity index (χ0) is 27.8. The Morgan fingerprint density at radius 3 is 1.90 bits per heavy atom. The number of aromatic nitrogens is 2. The van der Waals surface area contributed by atoms with Crippen LogP contribution < -0.4 is 4.74 Å². The molecule has 4 nitrogen and oxygen atoms in total. The number of carbonyl (C=O) groups is 1. The van der Waals surface area contributed by atoms with E-state index in [-0.39, 0.29) is 12.4 Å². The van der Waals surface area contributed by atoms with Gasteiger partial charge in [0.05, 0.1) is 17.6 Å². The number of rotatable bonds is 5. The first-order chi connectivity index (χ1) is 20.2. The molecule has 0 unspecified atom stereocenters. The molecule has 0 amide bonds. The first-order valence-corrected chi connectivity index (χ1v) is 13.8. The van der Waals surface area contributed by atoms with Crippen LogP contribution in [0.1, 0.15) is 38.4 Å². The first kappa shape index (κ1) is 24.8. The van der Waals surface area contributed by atoms with Crippen LogP contribution in [0, 0.1) is 6.92 Å². The third kappa shape index (κ3) is 3.99. The number of carbonyl (C=O) groups excluding carboxylic acids is 1. The third-order valence-corrected chi connectivity index (χ3v) is 8.08. The molecular formula is C37H28N2O2. The van der Waals surface area contributed by atoms with Gasteiger partial charge in [-0.05, 0) is 46.5 Å². The van der Waals surface area contributed by atoms with E-state index in [1.54, 1.807) is 0 Å². The molecule has 0 saturated heterocycles. The molecule has 1 aromatic heterocycles. The Hall–Kier alpha value is -5.22. The highest BCUT2D eigenvalue weighted by Gasteiger charge is 2.39. The SMILES string of the molecule is Cc1c(/C=C2\COc3ccc4ccccc4c3C2=O)ncn1C(c1ccccc1)(c1ccccc1)c1ccccc1. The fourth-order valence-electron chi connectivity index (χ4n) is 6.12. The number of ketones is 1. The van der Waals surface area contributed by atoms with Crippen LogP contribution >= 0.6 is 0 Å². The minimum absolute atomic E-state index is 0.0163. The summed E-state index contributed by atoms with van der Waals surface area (Å²) in [5.74, 6) is 0.613. The molecule has 5 aromatic carbocycles. The predicted molar refractivity (Wildman–Crippen MR) is 163 cm³/mol. The van der Waals surface area contributed by atoms with Gasteiger partial charge in [0.15, 0.2) is 5.78 Å². The second-order valence-electron chi connectivity index (χ2n) is 10.3. The summed E-state index contributed by atoms with van der Waals surface area (Å²) in [4.78, 5) is 18.7. The maximum atomic E-state index is 13.8. The maximum absolute atomic E-state index is 13.8. The van der Waals surface area contributed by atoms with Crippen LogP contribution in [0.2, 0.25) is 0 Å². The van der Waals surface area contributed by atoms with Gasteiger partial charge in [0.1, 0.15) is 17.9 Å². The molecule has 0 spiro atoms. The van der Waals surface area contributed by atoms with Crippen molar-refractivity contribution in [3.63, 3.8) is 0 Å². The summed E-state index contributed by atoms with van der Waals surface area (Å²) >= 11 is 0. The van der Waals surface area contributed by atoms with Crippen LogP contribution in [0.5, 0.6) is 5.75 Å². The zero-order valence-electron chi connectivity index (χ0n) is 22.7. The van der Waals surface area contributed by atoms with E-state index in [9.17, 15) is 4.79 Å². The molecule has 0 fully saturated rings. The van der Waals surface area contributed by atoms with Crippen molar-refractivity contribution in [1.82, 2.24) is 9.55 Å². The van der Waals surface area contributed by atoms with Gasteiger partial charge in [0, 0.05) is 11.3 Å². The highest BCUT2D eigenvalue weighted by Crippen LogP contribution is 2.42. The van der Waals surface area contributed by atoms with E-state index in [0.717, 1.165) is 38.9 Å². The van der Waals surface area contributed by atoms with Crippen molar-refractivity contribution in [1.29, 1.82) is 0 Å². The smallest absolute Gasteiger partial charge is 0.196 e. The summed E-state index contributed by atoms with van der Waals surface area (Å²) in [5, 5.41) is 1.92. The van der Waals surface area contributed by atoms with Gasteiger partial charge < -0.3 is 9.30 Å². The van der Waals surface area contributed by atoms with Crippen molar-refractivity contribution in [2.24, 2.45) is 0 Å². The lowest BCUT2D eigenvalue weighted by molar-refractivity contribution is 0.100. The highest BCUT2D eigenvalue weighted by molar-refractivity contribution is 6.20. The van der Waals surface area contributed by atoms with Gasteiger partial charge in [-0.15, -0.1) is 0 Å². The summed E-state index contributed by atoms with van der Waals surface area (Å²) in [7, 11) is 0. The first-order valence-electron chi connectivity index (χ1n) is 13.8. The average molecular weight is 533 g/mol. The molecule has 1 aliphatic heterocycles. The normalized spacial score (nSPS) is 14.2. The Bertz CT molecular complexity index is 1810. The van der Waals surface area contributed by atoms with E-state index in [2.05, 4.69) is 84.3 Å². The second-order valence-corrected chi connectivity index (χ2v) is 10.3. The van der Waals surface area contributed by atoms with E-state index < -0.39 is 5.54 Å². The van der Waals surface area contributed by atoms with Crippen molar-refractivity contribution in [3.8, 4) is 5.75 Å². The fourth-order valence-corrected chi connectivity index (χ4v) is 6.12. The lowest BCUT2D eigenvalue weighted by Crippen LogP contribution is -2.38. The van der Waals surface area contributed by atoms with Crippen LogP contribution in [0.25, 0.3) is 16.8 Å². The molecule has 0 atom stereocenters. The van der Waals surface area contributed by atoms with E-state index in [1.807, 2.05) is 67.0 Å². The summed E-state index contributed by atoms with van der Waals surface area (Å²) < 4.78 is 8.32. The van der Waals surface area contributed by atoms with Gasteiger partial charge in [-0.25, -0.2) is 4.98 Å². The lowest BCUT2D eigenvalue weighted by Gasteiger charge is -2.38.